The van der Waals surface area contributed by atoms with Crippen molar-refractivity contribution in [1.82, 2.24) is 5.32 Å². The van der Waals surface area contributed by atoms with E-state index in [1.807, 2.05) is 0 Å². The van der Waals surface area contributed by atoms with Gasteiger partial charge in [-0.3, -0.25) is 0 Å². The van der Waals surface area contributed by atoms with Crippen LogP contribution in [-0.4, -0.2) is 25.8 Å². The summed E-state index contributed by atoms with van der Waals surface area (Å²) in [6, 6.07) is 2.16. The van der Waals surface area contributed by atoms with Crippen molar-refractivity contribution in [3.8, 4) is 6.07 Å². The smallest absolute Gasteiger partial charge is 0.0802 e. The molecular weight excluding hydrogens is 176 g/mol. The Hall–Kier alpha value is -0.590. The Bertz CT molecular complexity index is 188. The molecule has 1 fully saturated rings. The number of methoxy groups -OCH3 is 1. The standard InChI is InChI=1S/C11H20N2O/c1-14-11(6-5-7-11)10-13-9-4-2-3-8-12/h13H,2-7,9-10H2,1H3. The third-order valence-electron chi connectivity index (χ3n) is 3.04. The molecule has 1 aliphatic carbocycles. The van der Waals surface area contributed by atoms with Crippen LogP contribution in [0.4, 0.5) is 0 Å². The highest BCUT2D eigenvalue weighted by Gasteiger charge is 2.36. The zero-order valence-corrected chi connectivity index (χ0v) is 9.01. The number of nitriles is 1. The number of nitrogens with zero attached hydrogens (tertiary/aromatic N) is 1. The van der Waals surface area contributed by atoms with Crippen molar-refractivity contribution in [1.29, 1.82) is 5.26 Å². The fourth-order valence-corrected chi connectivity index (χ4v) is 1.79. The van der Waals surface area contributed by atoms with E-state index in [1.54, 1.807) is 7.11 Å². The molecule has 0 amide bonds. The molecule has 80 valence electrons. The van der Waals surface area contributed by atoms with Gasteiger partial charge in [-0.25, -0.2) is 0 Å². The lowest BCUT2D eigenvalue weighted by atomic mass is 9.80. The summed E-state index contributed by atoms with van der Waals surface area (Å²) < 4.78 is 5.49. The minimum absolute atomic E-state index is 0.134. The van der Waals surface area contributed by atoms with Crippen LogP contribution in [0.2, 0.25) is 0 Å². The first-order valence-electron chi connectivity index (χ1n) is 5.46. The molecule has 0 radical (unpaired) electrons. The fraction of sp³-hybridized carbons (Fsp3) is 0.909. The molecule has 0 aromatic rings. The van der Waals surface area contributed by atoms with Gasteiger partial charge in [-0.1, -0.05) is 0 Å². The van der Waals surface area contributed by atoms with Crippen LogP contribution >= 0.6 is 0 Å². The zero-order chi connectivity index (χ0) is 10.3. The summed E-state index contributed by atoms with van der Waals surface area (Å²) >= 11 is 0. The van der Waals surface area contributed by atoms with E-state index in [-0.39, 0.29) is 5.60 Å². The second kappa shape index (κ2) is 6.00. The first-order chi connectivity index (χ1) is 6.83. The quantitative estimate of drug-likeness (QED) is 0.632. The van der Waals surface area contributed by atoms with Crippen LogP contribution in [0.3, 0.4) is 0 Å². The highest BCUT2D eigenvalue weighted by Crippen LogP contribution is 2.34. The van der Waals surface area contributed by atoms with Crippen molar-refractivity contribution in [3.05, 3.63) is 0 Å². The van der Waals surface area contributed by atoms with Crippen LogP contribution < -0.4 is 5.32 Å². The average molecular weight is 196 g/mol. The van der Waals surface area contributed by atoms with Crippen molar-refractivity contribution in [3.63, 3.8) is 0 Å². The second-order valence-electron chi connectivity index (χ2n) is 4.03. The molecule has 1 N–H and O–H groups in total. The van der Waals surface area contributed by atoms with Crippen LogP contribution in [0.5, 0.6) is 0 Å². The Kier molecular flexibility index (Phi) is 4.92. The number of hydrogen-bond acceptors (Lipinski definition) is 3. The molecule has 1 rings (SSSR count). The summed E-state index contributed by atoms with van der Waals surface area (Å²) in [6.07, 6.45) is 6.45. The Morgan fingerprint density at radius 3 is 2.71 bits per heavy atom. The van der Waals surface area contributed by atoms with E-state index in [4.69, 9.17) is 10.00 Å². The van der Waals surface area contributed by atoms with E-state index in [2.05, 4.69) is 11.4 Å². The molecule has 1 saturated carbocycles. The maximum Gasteiger partial charge on any atom is 0.0802 e. The van der Waals surface area contributed by atoms with Gasteiger partial charge in [0, 0.05) is 20.1 Å². The Labute approximate surface area is 86.4 Å². The van der Waals surface area contributed by atoms with Gasteiger partial charge in [0.05, 0.1) is 11.7 Å². The number of unbranched alkanes of at least 4 members (excludes halogenated alkanes) is 2. The van der Waals surface area contributed by atoms with Crippen LogP contribution in [0, 0.1) is 11.3 Å². The number of ether oxygens (including phenoxy) is 1. The molecule has 0 heterocycles. The van der Waals surface area contributed by atoms with Crippen LogP contribution in [0.1, 0.15) is 38.5 Å². The highest BCUT2D eigenvalue weighted by atomic mass is 16.5. The summed E-state index contributed by atoms with van der Waals surface area (Å²) in [5.74, 6) is 0. The predicted molar refractivity (Wildman–Crippen MR) is 55.9 cm³/mol. The van der Waals surface area contributed by atoms with Gasteiger partial charge < -0.3 is 10.1 Å². The molecule has 3 nitrogen and oxygen atoms in total. The lowest BCUT2D eigenvalue weighted by molar-refractivity contribution is -0.0692. The van der Waals surface area contributed by atoms with Crippen LogP contribution in [0.15, 0.2) is 0 Å². The fourth-order valence-electron chi connectivity index (χ4n) is 1.79. The van der Waals surface area contributed by atoms with E-state index in [9.17, 15) is 0 Å². The van der Waals surface area contributed by atoms with E-state index >= 15 is 0 Å². The van der Waals surface area contributed by atoms with Gasteiger partial charge in [0.1, 0.15) is 0 Å². The van der Waals surface area contributed by atoms with Gasteiger partial charge >= 0.3 is 0 Å². The average Bonchev–Trinajstić information content (AvgIpc) is 2.15. The third kappa shape index (κ3) is 3.28. The van der Waals surface area contributed by atoms with Crippen molar-refractivity contribution >= 4 is 0 Å². The van der Waals surface area contributed by atoms with Crippen LogP contribution in [0.25, 0.3) is 0 Å². The summed E-state index contributed by atoms with van der Waals surface area (Å²) in [5.41, 5.74) is 0.134. The van der Waals surface area contributed by atoms with E-state index in [0.717, 1.165) is 25.9 Å². The SMILES string of the molecule is COC1(CNCCCCC#N)CCC1. The molecular formula is C11H20N2O. The first-order valence-corrected chi connectivity index (χ1v) is 5.46. The first kappa shape index (κ1) is 11.5. The van der Waals surface area contributed by atoms with E-state index < -0.39 is 0 Å². The van der Waals surface area contributed by atoms with Gasteiger partial charge in [0.25, 0.3) is 0 Å². The molecule has 3 heteroatoms. The maximum atomic E-state index is 8.35. The Morgan fingerprint density at radius 2 is 2.21 bits per heavy atom. The summed E-state index contributed by atoms with van der Waals surface area (Å²) in [6.45, 7) is 1.98. The predicted octanol–water partition coefficient (Wildman–Crippen LogP) is 1.84. The minimum atomic E-state index is 0.134. The Balaban J connectivity index is 1.95. The topological polar surface area (TPSA) is 45.0 Å². The molecule has 1 aliphatic rings. The summed E-state index contributed by atoms with van der Waals surface area (Å²) in [5, 5.41) is 11.8. The molecule has 0 bridgehead atoms. The third-order valence-corrected chi connectivity index (χ3v) is 3.04. The molecule has 0 spiro atoms. The van der Waals surface area contributed by atoms with Crippen molar-refractivity contribution < 1.29 is 4.74 Å². The normalized spacial score (nSPS) is 18.6. The van der Waals surface area contributed by atoms with Crippen molar-refractivity contribution in [2.75, 3.05) is 20.2 Å². The zero-order valence-electron chi connectivity index (χ0n) is 9.01. The monoisotopic (exact) mass is 196 g/mol. The lowest BCUT2D eigenvalue weighted by Gasteiger charge is -2.40. The number of nitrogens with one attached hydrogen (secondary N) is 1. The summed E-state index contributed by atoms with van der Waals surface area (Å²) in [7, 11) is 1.80. The number of hydrogen-bond donors (Lipinski definition) is 1. The lowest BCUT2D eigenvalue weighted by Crippen LogP contribution is -2.48. The van der Waals surface area contributed by atoms with Gasteiger partial charge in [-0.2, -0.15) is 5.26 Å². The summed E-state index contributed by atoms with van der Waals surface area (Å²) in [4.78, 5) is 0. The van der Waals surface area contributed by atoms with Crippen molar-refractivity contribution in [2.45, 2.75) is 44.1 Å². The molecule has 0 unspecified atom stereocenters. The molecule has 0 saturated heterocycles. The minimum Gasteiger partial charge on any atom is -0.377 e. The molecule has 0 aromatic heterocycles. The number of rotatable bonds is 7. The molecule has 14 heavy (non-hydrogen) atoms. The van der Waals surface area contributed by atoms with Gasteiger partial charge in [-0.15, -0.1) is 0 Å². The van der Waals surface area contributed by atoms with Gasteiger partial charge in [0.2, 0.25) is 0 Å². The van der Waals surface area contributed by atoms with E-state index in [1.165, 1.54) is 19.3 Å². The van der Waals surface area contributed by atoms with Gasteiger partial charge in [-0.05, 0) is 38.6 Å². The molecule has 0 atom stereocenters. The largest absolute Gasteiger partial charge is 0.377 e. The molecule has 0 aliphatic heterocycles. The van der Waals surface area contributed by atoms with E-state index in [0.29, 0.717) is 6.42 Å². The second-order valence-corrected chi connectivity index (χ2v) is 4.03. The maximum absolute atomic E-state index is 8.35. The highest BCUT2D eigenvalue weighted by molar-refractivity contribution is 4.91. The Morgan fingerprint density at radius 1 is 1.43 bits per heavy atom. The van der Waals surface area contributed by atoms with Crippen LogP contribution in [-0.2, 0) is 4.74 Å². The molecule has 0 aromatic carbocycles. The van der Waals surface area contributed by atoms with Gasteiger partial charge in [0.15, 0.2) is 0 Å². The van der Waals surface area contributed by atoms with Crippen molar-refractivity contribution in [2.24, 2.45) is 0 Å².